The number of ether oxygens (including phenoxy) is 1. The minimum Gasteiger partial charge on any atom is -0.435 e. The molecule has 25 heavy (non-hydrogen) atoms. The highest BCUT2D eigenvalue weighted by Gasteiger charge is 2.21. The van der Waals surface area contributed by atoms with Gasteiger partial charge in [0.1, 0.15) is 5.75 Å². The molecule has 2 rings (SSSR count). The second kappa shape index (κ2) is 7.69. The van der Waals surface area contributed by atoms with Gasteiger partial charge in [-0.25, -0.2) is 0 Å². The van der Waals surface area contributed by atoms with E-state index >= 15 is 0 Å². The fraction of sp³-hybridized carbons (Fsp3) is 0.235. The first-order valence-corrected chi connectivity index (χ1v) is 7.36. The van der Waals surface area contributed by atoms with E-state index in [1.807, 2.05) is 0 Å². The van der Waals surface area contributed by atoms with Crippen molar-refractivity contribution < 1.29 is 23.2 Å². The number of amides is 1. The number of rotatable bonds is 6. The molecule has 0 saturated heterocycles. The summed E-state index contributed by atoms with van der Waals surface area (Å²) in [6, 6.07) is 11.0. The second-order valence-electron chi connectivity index (χ2n) is 5.35. The topological polar surface area (TPSA) is 72.7 Å². The van der Waals surface area contributed by atoms with Crippen LogP contribution >= 0.6 is 0 Å². The minimum atomic E-state index is -2.98. The van der Waals surface area contributed by atoms with Gasteiger partial charge in [-0.15, -0.1) is 0 Å². The number of alkyl halides is 2. The largest absolute Gasteiger partial charge is 0.435 e. The molecule has 132 valence electrons. The van der Waals surface area contributed by atoms with Gasteiger partial charge in [0, 0.05) is 24.7 Å². The summed E-state index contributed by atoms with van der Waals surface area (Å²) >= 11 is 0. The first kappa shape index (κ1) is 18.3. The normalized spacial score (nSPS) is 11.9. The molecule has 0 radical (unpaired) electrons. The molecule has 8 heteroatoms. The molecule has 1 unspecified atom stereocenters. The standard InChI is InChI=1S/C17H16F2N2O4/c1-11(12-5-3-7-14(9-12)21(23)24)20(2)16(22)13-6-4-8-15(10-13)25-17(18)19/h3-11,17H,1-2H3. The molecule has 0 aliphatic heterocycles. The highest BCUT2D eigenvalue weighted by molar-refractivity contribution is 5.94. The van der Waals surface area contributed by atoms with Crippen molar-refractivity contribution in [3.05, 3.63) is 69.8 Å². The van der Waals surface area contributed by atoms with Crippen LogP contribution in [-0.2, 0) is 0 Å². The number of carbonyl (C=O) groups is 1. The van der Waals surface area contributed by atoms with E-state index in [2.05, 4.69) is 4.74 Å². The number of hydrogen-bond donors (Lipinski definition) is 0. The van der Waals surface area contributed by atoms with Crippen LogP contribution in [0.1, 0.15) is 28.9 Å². The van der Waals surface area contributed by atoms with Crippen LogP contribution in [-0.4, -0.2) is 29.4 Å². The molecule has 1 atom stereocenters. The van der Waals surface area contributed by atoms with Gasteiger partial charge in [0.05, 0.1) is 11.0 Å². The van der Waals surface area contributed by atoms with Gasteiger partial charge in [-0.3, -0.25) is 14.9 Å². The molecule has 0 bridgehead atoms. The zero-order valence-electron chi connectivity index (χ0n) is 13.6. The molecule has 0 heterocycles. The Balaban J connectivity index is 2.21. The monoisotopic (exact) mass is 350 g/mol. The fourth-order valence-electron chi connectivity index (χ4n) is 2.31. The number of benzene rings is 2. The SMILES string of the molecule is CC(c1cccc([N+](=O)[O-])c1)N(C)C(=O)c1cccc(OC(F)F)c1. The summed E-state index contributed by atoms with van der Waals surface area (Å²) in [6.45, 7) is -1.26. The zero-order valence-corrected chi connectivity index (χ0v) is 13.6. The predicted molar refractivity (Wildman–Crippen MR) is 86.7 cm³/mol. The molecule has 0 aliphatic carbocycles. The molecule has 1 amide bonds. The van der Waals surface area contributed by atoms with E-state index in [0.717, 1.165) is 0 Å². The lowest BCUT2D eigenvalue weighted by atomic mass is 10.1. The van der Waals surface area contributed by atoms with Crippen LogP contribution in [0.2, 0.25) is 0 Å². The van der Waals surface area contributed by atoms with Crippen molar-refractivity contribution in [3.63, 3.8) is 0 Å². The smallest absolute Gasteiger partial charge is 0.387 e. The summed E-state index contributed by atoms with van der Waals surface area (Å²) in [6.07, 6.45) is 0. The predicted octanol–water partition coefficient (Wildman–Crippen LogP) is 4.03. The average Bonchev–Trinajstić information content (AvgIpc) is 2.59. The first-order chi connectivity index (χ1) is 11.8. The quantitative estimate of drug-likeness (QED) is 0.582. The van der Waals surface area contributed by atoms with Crippen LogP contribution in [0, 0.1) is 10.1 Å². The minimum absolute atomic E-state index is 0.0717. The molecule has 0 saturated carbocycles. The maximum atomic E-state index is 12.6. The maximum Gasteiger partial charge on any atom is 0.387 e. The molecule has 0 N–H and O–H groups in total. The lowest BCUT2D eigenvalue weighted by molar-refractivity contribution is -0.384. The van der Waals surface area contributed by atoms with Crippen molar-refractivity contribution in [2.24, 2.45) is 0 Å². The molecule has 0 aromatic heterocycles. The Morgan fingerprint density at radius 3 is 2.52 bits per heavy atom. The highest BCUT2D eigenvalue weighted by atomic mass is 19.3. The third-order valence-electron chi connectivity index (χ3n) is 3.77. The van der Waals surface area contributed by atoms with E-state index in [0.29, 0.717) is 5.56 Å². The van der Waals surface area contributed by atoms with Crippen molar-refractivity contribution in [2.45, 2.75) is 19.6 Å². The number of nitro benzene ring substituents is 1. The zero-order chi connectivity index (χ0) is 18.6. The van der Waals surface area contributed by atoms with Gasteiger partial charge in [-0.05, 0) is 30.7 Å². The van der Waals surface area contributed by atoms with Gasteiger partial charge in [-0.2, -0.15) is 8.78 Å². The van der Waals surface area contributed by atoms with Crippen LogP contribution in [0.5, 0.6) is 5.75 Å². The summed E-state index contributed by atoms with van der Waals surface area (Å²) in [7, 11) is 1.53. The van der Waals surface area contributed by atoms with Crippen molar-refractivity contribution in [2.75, 3.05) is 7.05 Å². The Kier molecular flexibility index (Phi) is 5.63. The van der Waals surface area contributed by atoms with E-state index in [1.54, 1.807) is 19.1 Å². The van der Waals surface area contributed by atoms with Crippen molar-refractivity contribution in [3.8, 4) is 5.75 Å². The summed E-state index contributed by atoms with van der Waals surface area (Å²) < 4.78 is 28.9. The highest BCUT2D eigenvalue weighted by Crippen LogP contribution is 2.25. The van der Waals surface area contributed by atoms with Crippen LogP contribution in [0.25, 0.3) is 0 Å². The fourth-order valence-corrected chi connectivity index (χ4v) is 2.31. The first-order valence-electron chi connectivity index (χ1n) is 7.36. The molecule has 0 aliphatic rings. The number of non-ortho nitro benzene ring substituents is 1. The summed E-state index contributed by atoms with van der Waals surface area (Å²) in [5, 5.41) is 10.9. The van der Waals surface area contributed by atoms with Gasteiger partial charge in [-0.1, -0.05) is 18.2 Å². The molecule has 2 aromatic carbocycles. The lowest BCUT2D eigenvalue weighted by Gasteiger charge is -2.25. The summed E-state index contributed by atoms with van der Waals surface area (Å²) in [5.41, 5.74) is 0.695. The van der Waals surface area contributed by atoms with Crippen LogP contribution in [0.15, 0.2) is 48.5 Å². The molecule has 2 aromatic rings. The number of carbonyl (C=O) groups excluding carboxylic acids is 1. The molecular weight excluding hydrogens is 334 g/mol. The van der Waals surface area contributed by atoms with E-state index in [4.69, 9.17) is 0 Å². The van der Waals surface area contributed by atoms with Crippen LogP contribution < -0.4 is 4.74 Å². The Bertz CT molecular complexity index is 783. The van der Waals surface area contributed by atoms with Crippen LogP contribution in [0.4, 0.5) is 14.5 Å². The van der Waals surface area contributed by atoms with Gasteiger partial charge in [0.2, 0.25) is 0 Å². The molecule has 0 fully saturated rings. The van der Waals surface area contributed by atoms with E-state index in [-0.39, 0.29) is 17.0 Å². The molecule has 6 nitrogen and oxygen atoms in total. The van der Waals surface area contributed by atoms with E-state index < -0.39 is 23.5 Å². The van der Waals surface area contributed by atoms with Gasteiger partial charge in [0.15, 0.2) is 0 Å². The van der Waals surface area contributed by atoms with E-state index in [9.17, 15) is 23.7 Å². The van der Waals surface area contributed by atoms with Gasteiger partial charge < -0.3 is 9.64 Å². The number of hydrogen-bond acceptors (Lipinski definition) is 4. The van der Waals surface area contributed by atoms with Crippen LogP contribution in [0.3, 0.4) is 0 Å². The molecular formula is C17H16F2N2O4. The van der Waals surface area contributed by atoms with E-state index in [1.165, 1.54) is 48.3 Å². The molecule has 0 spiro atoms. The van der Waals surface area contributed by atoms with Gasteiger partial charge >= 0.3 is 6.61 Å². The maximum absolute atomic E-state index is 12.6. The Morgan fingerprint density at radius 2 is 1.88 bits per heavy atom. The Hall–Kier alpha value is -3.03. The lowest BCUT2D eigenvalue weighted by Crippen LogP contribution is -2.29. The Morgan fingerprint density at radius 1 is 1.20 bits per heavy atom. The van der Waals surface area contributed by atoms with Gasteiger partial charge in [0.25, 0.3) is 11.6 Å². The van der Waals surface area contributed by atoms with Crippen molar-refractivity contribution in [1.29, 1.82) is 0 Å². The number of nitrogens with zero attached hydrogens (tertiary/aromatic N) is 2. The average molecular weight is 350 g/mol. The third-order valence-corrected chi connectivity index (χ3v) is 3.77. The summed E-state index contributed by atoms with van der Waals surface area (Å²) in [5.74, 6) is -0.532. The van der Waals surface area contributed by atoms with Crippen molar-refractivity contribution >= 4 is 11.6 Å². The summed E-state index contributed by atoms with van der Waals surface area (Å²) in [4.78, 5) is 24.3. The Labute approximate surface area is 142 Å². The number of nitro groups is 1. The second-order valence-corrected chi connectivity index (χ2v) is 5.35. The van der Waals surface area contributed by atoms with Crippen molar-refractivity contribution in [1.82, 2.24) is 4.90 Å². The third kappa shape index (κ3) is 4.50. The number of halogens is 2.